The van der Waals surface area contributed by atoms with Gasteiger partial charge in [-0.1, -0.05) is 102 Å². The van der Waals surface area contributed by atoms with Crippen LogP contribution in [0.15, 0.2) is 146 Å². The topological polar surface area (TPSA) is 14.8 Å². The molecule has 0 radical (unpaired) electrons. The van der Waals surface area contributed by atoms with Gasteiger partial charge >= 0.3 is 6.85 Å². The minimum absolute atomic E-state index is 0.0200. The summed E-state index contributed by atoms with van der Waals surface area (Å²) in [5, 5.41) is 7.79. The number of aryl methyl sites for hydroxylation is 2. The average molecular weight is 612 g/mol. The Morgan fingerprint density at radius 1 is 0.417 bits per heavy atom. The van der Waals surface area contributed by atoms with E-state index in [1.54, 1.807) is 0 Å². The Bertz CT molecular complexity index is 2980. The largest absolute Gasteiger partial charge is 0.375 e. The van der Waals surface area contributed by atoms with Gasteiger partial charge in [0.05, 0.1) is 22.1 Å². The number of fused-ring (bicyclic) bond motifs is 12. The summed E-state index contributed by atoms with van der Waals surface area (Å²) in [5.74, 6) is 0. The molecule has 0 N–H and O–H groups in total. The number of rotatable bonds is 2. The summed E-state index contributed by atoms with van der Waals surface area (Å²) in [7, 11) is 0. The van der Waals surface area contributed by atoms with Crippen LogP contribution in [0.5, 0.6) is 0 Å². The van der Waals surface area contributed by atoms with Crippen molar-refractivity contribution in [3.05, 3.63) is 157 Å². The molecule has 0 amide bonds. The van der Waals surface area contributed by atoms with Crippen LogP contribution < -0.4 is 10.9 Å². The van der Waals surface area contributed by atoms with E-state index in [2.05, 4.69) is 173 Å². The lowest BCUT2D eigenvalue weighted by atomic mass is 9.48. The van der Waals surface area contributed by atoms with E-state index < -0.39 is 0 Å². The van der Waals surface area contributed by atoms with Gasteiger partial charge in [0.2, 0.25) is 0 Å². The van der Waals surface area contributed by atoms with Crippen molar-refractivity contribution in [2.24, 2.45) is 0 Å². The first kappa shape index (κ1) is 26.1. The highest BCUT2D eigenvalue weighted by Crippen LogP contribution is 2.42. The normalized spacial score (nSPS) is 12.8. The first-order chi connectivity index (χ1) is 23.7. The summed E-state index contributed by atoms with van der Waals surface area (Å²) in [4.78, 5) is 0. The van der Waals surface area contributed by atoms with Crippen molar-refractivity contribution in [2.75, 3.05) is 0 Å². The Balaban J connectivity index is 1.37. The molecule has 7 aromatic carbocycles. The van der Waals surface area contributed by atoms with E-state index in [1.807, 2.05) is 0 Å². The lowest BCUT2D eigenvalue weighted by molar-refractivity contribution is 1.18. The first-order valence-corrected chi connectivity index (χ1v) is 16.8. The highest BCUT2D eigenvalue weighted by atomic mass is 15.0. The third-order valence-electron chi connectivity index (χ3n) is 10.7. The molecule has 11 rings (SSSR count). The molecular weight excluding hydrogens is 581 g/mol. The van der Waals surface area contributed by atoms with Crippen molar-refractivity contribution in [3.63, 3.8) is 0 Å². The summed E-state index contributed by atoms with van der Waals surface area (Å²) >= 11 is 0. The molecule has 4 heterocycles. The molecule has 10 aromatic rings. The van der Waals surface area contributed by atoms with Gasteiger partial charge in [-0.25, -0.2) is 0 Å². The van der Waals surface area contributed by atoms with Gasteiger partial charge in [-0.05, 0) is 79.4 Å². The maximum absolute atomic E-state index is 2.67. The second kappa shape index (κ2) is 9.30. The maximum Gasteiger partial charge on any atom is 0.332 e. The fourth-order valence-corrected chi connectivity index (χ4v) is 8.93. The molecule has 1 aliphatic heterocycles. The Labute approximate surface area is 278 Å². The number of hydrogen-bond donors (Lipinski definition) is 0. The van der Waals surface area contributed by atoms with Crippen LogP contribution in [0.3, 0.4) is 0 Å². The average Bonchev–Trinajstić information content (AvgIpc) is 3.75. The first-order valence-electron chi connectivity index (χ1n) is 16.8. The van der Waals surface area contributed by atoms with Gasteiger partial charge in [0, 0.05) is 54.7 Å². The molecule has 0 bridgehead atoms. The molecule has 0 saturated heterocycles. The second-order valence-corrected chi connectivity index (χ2v) is 13.5. The highest BCUT2D eigenvalue weighted by molar-refractivity contribution is 6.88. The van der Waals surface area contributed by atoms with Gasteiger partial charge in [-0.3, -0.25) is 0 Å². The number of hydrogen-bond acceptors (Lipinski definition) is 0. The second-order valence-electron chi connectivity index (χ2n) is 13.5. The molecule has 0 unspecified atom stereocenters. The van der Waals surface area contributed by atoms with E-state index >= 15 is 0 Å². The van der Waals surface area contributed by atoms with Crippen molar-refractivity contribution in [2.45, 2.75) is 13.8 Å². The van der Waals surface area contributed by atoms with Crippen molar-refractivity contribution >= 4 is 83.2 Å². The van der Waals surface area contributed by atoms with Crippen LogP contribution >= 0.6 is 0 Å². The zero-order valence-corrected chi connectivity index (χ0v) is 26.8. The molecule has 3 nitrogen and oxygen atoms in total. The van der Waals surface area contributed by atoms with Gasteiger partial charge in [-0.15, -0.1) is 0 Å². The summed E-state index contributed by atoms with van der Waals surface area (Å²) < 4.78 is 7.63. The van der Waals surface area contributed by atoms with E-state index in [0.717, 1.165) is 0 Å². The minimum Gasteiger partial charge on any atom is -0.375 e. The number of nitrogens with zero attached hydrogens (tertiary/aromatic N) is 3. The van der Waals surface area contributed by atoms with Crippen molar-refractivity contribution in [1.82, 2.24) is 13.6 Å². The fraction of sp³-hybridized carbons (Fsp3) is 0.0455. The SMILES string of the molecule is Cc1ccc2c(c1)c1cc(C)cc3c1n2-c1ccccc1B3n1c2ccccc2c2ccc3c(c4ccccc4n3-c3ccccc3)c21. The third-order valence-corrected chi connectivity index (χ3v) is 10.7. The Kier molecular flexibility index (Phi) is 5.06. The standard InChI is InChI=1S/C44H30BN3/c1-27-20-22-38-33(24-27)34-25-28(2)26-36-43(34)47(38)40-19-11-8-16-35(40)45(36)48-39-18-10-6-14-30(39)31-21-23-41-42(44(31)48)32-15-7-9-17-37(32)46(41)29-12-4-3-5-13-29/h3-26H,1-2H3. The smallest absolute Gasteiger partial charge is 0.332 e. The van der Waals surface area contributed by atoms with Crippen LogP contribution in [0, 0.1) is 13.8 Å². The van der Waals surface area contributed by atoms with Crippen LogP contribution in [0.2, 0.25) is 0 Å². The van der Waals surface area contributed by atoms with Crippen LogP contribution in [0.25, 0.3) is 76.8 Å². The molecule has 1 aliphatic rings. The highest BCUT2D eigenvalue weighted by Gasteiger charge is 2.37. The van der Waals surface area contributed by atoms with Gasteiger partial charge in [0.1, 0.15) is 0 Å². The zero-order valence-electron chi connectivity index (χ0n) is 26.8. The van der Waals surface area contributed by atoms with Gasteiger partial charge in [0.15, 0.2) is 0 Å². The van der Waals surface area contributed by atoms with E-state index in [0.29, 0.717) is 0 Å². The Hall–Kier alpha value is -6.00. The predicted molar refractivity (Wildman–Crippen MR) is 204 cm³/mol. The van der Waals surface area contributed by atoms with Crippen LogP contribution in [-0.2, 0) is 0 Å². The van der Waals surface area contributed by atoms with E-state index in [1.165, 1.54) is 98.8 Å². The monoisotopic (exact) mass is 611 g/mol. The number of aromatic nitrogens is 3. The van der Waals surface area contributed by atoms with Gasteiger partial charge < -0.3 is 13.6 Å². The molecule has 48 heavy (non-hydrogen) atoms. The Morgan fingerprint density at radius 2 is 1.10 bits per heavy atom. The van der Waals surface area contributed by atoms with Gasteiger partial charge in [-0.2, -0.15) is 0 Å². The fourth-order valence-electron chi connectivity index (χ4n) is 8.93. The Morgan fingerprint density at radius 3 is 1.98 bits per heavy atom. The molecule has 0 aliphatic carbocycles. The minimum atomic E-state index is -0.0200. The van der Waals surface area contributed by atoms with Crippen molar-refractivity contribution in [1.29, 1.82) is 0 Å². The summed E-state index contributed by atoms with van der Waals surface area (Å²) in [6.07, 6.45) is 0. The molecule has 0 atom stereocenters. The van der Waals surface area contributed by atoms with E-state index in [-0.39, 0.29) is 6.85 Å². The summed E-state index contributed by atoms with van der Waals surface area (Å²) in [6.45, 7) is 4.43. The number of para-hydroxylation sites is 4. The summed E-state index contributed by atoms with van der Waals surface area (Å²) in [6, 6.07) is 54.2. The van der Waals surface area contributed by atoms with Crippen LogP contribution in [0.4, 0.5) is 0 Å². The molecule has 0 saturated carbocycles. The predicted octanol–water partition coefficient (Wildman–Crippen LogP) is 9.57. The molecule has 4 heteroatoms. The zero-order chi connectivity index (χ0) is 31.7. The molecule has 3 aromatic heterocycles. The molecule has 0 fully saturated rings. The summed E-state index contributed by atoms with van der Waals surface area (Å²) in [5.41, 5.74) is 15.2. The lowest BCUT2D eigenvalue weighted by Crippen LogP contribution is -2.53. The maximum atomic E-state index is 2.67. The van der Waals surface area contributed by atoms with Crippen LogP contribution in [0.1, 0.15) is 11.1 Å². The van der Waals surface area contributed by atoms with E-state index in [9.17, 15) is 0 Å². The quantitative estimate of drug-likeness (QED) is 0.173. The molecular formula is C44H30BN3. The molecule has 224 valence electrons. The van der Waals surface area contributed by atoms with Crippen molar-refractivity contribution in [3.8, 4) is 11.4 Å². The lowest BCUT2D eigenvalue weighted by Gasteiger charge is -2.29. The van der Waals surface area contributed by atoms with Crippen molar-refractivity contribution < 1.29 is 0 Å². The van der Waals surface area contributed by atoms with E-state index in [4.69, 9.17) is 0 Å². The third kappa shape index (κ3) is 3.24. The number of benzene rings is 7. The van der Waals surface area contributed by atoms with Crippen LogP contribution in [-0.4, -0.2) is 20.5 Å². The molecule has 0 spiro atoms. The van der Waals surface area contributed by atoms with Gasteiger partial charge in [0.25, 0.3) is 0 Å².